The molecule has 1 aliphatic heterocycles. The lowest BCUT2D eigenvalue weighted by atomic mass is 9.95. The molecule has 0 aliphatic carbocycles. The molecule has 1 atom stereocenters. The van der Waals surface area contributed by atoms with Crippen LogP contribution >= 0.6 is 0 Å². The summed E-state index contributed by atoms with van der Waals surface area (Å²) in [4.78, 5) is 17.8. The topological polar surface area (TPSA) is 66.6 Å². The summed E-state index contributed by atoms with van der Waals surface area (Å²) in [6.45, 7) is 1.47. The predicted molar refractivity (Wildman–Crippen MR) is 76.7 cm³/mol. The summed E-state index contributed by atoms with van der Waals surface area (Å²) in [7, 11) is 0. The maximum atomic E-state index is 11.1. The van der Waals surface area contributed by atoms with E-state index < -0.39 is 5.97 Å². The number of nitrogens with zero attached hydrogens (tertiary/aromatic N) is 2. The van der Waals surface area contributed by atoms with Gasteiger partial charge in [-0.1, -0.05) is 6.07 Å². The number of aliphatic carboxylic acids is 1. The fourth-order valence-corrected chi connectivity index (χ4v) is 2.90. The van der Waals surface area contributed by atoms with Gasteiger partial charge in [-0.3, -0.25) is 14.7 Å². The number of pyridine rings is 1. The van der Waals surface area contributed by atoms with Crippen LogP contribution in [0.15, 0.2) is 47.2 Å². The van der Waals surface area contributed by atoms with Crippen molar-refractivity contribution < 1.29 is 14.3 Å². The summed E-state index contributed by atoms with van der Waals surface area (Å²) in [5, 5.41) is 9.11. The molecule has 0 saturated carbocycles. The minimum absolute atomic E-state index is 0.0454. The zero-order chi connectivity index (χ0) is 14.7. The number of carboxylic acids is 1. The summed E-state index contributed by atoms with van der Waals surface area (Å²) in [5.41, 5.74) is 0.932. The van der Waals surface area contributed by atoms with Gasteiger partial charge < -0.3 is 9.52 Å². The Balaban J connectivity index is 1.83. The number of likely N-dealkylation sites (tertiary alicyclic amines) is 1. The number of furan rings is 1. The van der Waals surface area contributed by atoms with Gasteiger partial charge in [0.1, 0.15) is 11.8 Å². The summed E-state index contributed by atoms with van der Waals surface area (Å²) in [5.74, 6) is -0.0771. The Morgan fingerprint density at radius 3 is 2.67 bits per heavy atom. The Labute approximate surface area is 123 Å². The summed E-state index contributed by atoms with van der Waals surface area (Å²) >= 11 is 0. The first-order valence-electron chi connectivity index (χ1n) is 7.17. The molecule has 1 saturated heterocycles. The molecule has 5 nitrogen and oxygen atoms in total. The van der Waals surface area contributed by atoms with E-state index in [4.69, 9.17) is 9.52 Å². The maximum absolute atomic E-state index is 11.1. The molecule has 1 unspecified atom stereocenters. The van der Waals surface area contributed by atoms with Crippen LogP contribution < -0.4 is 0 Å². The van der Waals surface area contributed by atoms with Crippen molar-refractivity contribution in [2.45, 2.75) is 18.9 Å². The van der Waals surface area contributed by atoms with Crippen LogP contribution in [0.5, 0.6) is 0 Å². The van der Waals surface area contributed by atoms with Gasteiger partial charge in [-0.15, -0.1) is 0 Å². The molecule has 3 rings (SSSR count). The number of carboxylic acid groups (broad SMARTS) is 1. The minimum Gasteiger partial charge on any atom is -0.481 e. The van der Waals surface area contributed by atoms with E-state index in [0.717, 1.165) is 24.5 Å². The maximum Gasteiger partial charge on any atom is 0.306 e. The fourth-order valence-electron chi connectivity index (χ4n) is 2.90. The van der Waals surface area contributed by atoms with E-state index in [1.165, 1.54) is 0 Å². The van der Waals surface area contributed by atoms with E-state index in [0.29, 0.717) is 12.8 Å². The Kier molecular flexibility index (Phi) is 4.01. The van der Waals surface area contributed by atoms with Crippen LogP contribution in [-0.2, 0) is 4.79 Å². The highest BCUT2D eigenvalue weighted by atomic mass is 16.4. The zero-order valence-corrected chi connectivity index (χ0v) is 11.7. The minimum atomic E-state index is -0.693. The van der Waals surface area contributed by atoms with Crippen molar-refractivity contribution in [2.24, 2.45) is 5.92 Å². The van der Waals surface area contributed by atoms with E-state index in [1.807, 2.05) is 30.3 Å². The third kappa shape index (κ3) is 2.97. The molecule has 2 aromatic heterocycles. The van der Waals surface area contributed by atoms with Crippen LogP contribution in [0.4, 0.5) is 0 Å². The molecule has 21 heavy (non-hydrogen) atoms. The van der Waals surface area contributed by atoms with Crippen molar-refractivity contribution in [3.63, 3.8) is 0 Å². The number of aromatic nitrogens is 1. The van der Waals surface area contributed by atoms with Crippen molar-refractivity contribution in [3.05, 3.63) is 54.2 Å². The van der Waals surface area contributed by atoms with Crippen molar-refractivity contribution >= 4 is 5.97 Å². The first kappa shape index (κ1) is 13.8. The Morgan fingerprint density at radius 2 is 2.10 bits per heavy atom. The van der Waals surface area contributed by atoms with Crippen LogP contribution in [0.3, 0.4) is 0 Å². The van der Waals surface area contributed by atoms with E-state index >= 15 is 0 Å². The molecular formula is C16H18N2O3. The SMILES string of the molecule is O=C(O)C1CCN(C(c2ccccn2)c2ccco2)CC1. The molecule has 0 amide bonds. The monoisotopic (exact) mass is 286 g/mol. The Hall–Kier alpha value is -2.14. The van der Waals surface area contributed by atoms with E-state index in [2.05, 4.69) is 9.88 Å². The summed E-state index contributed by atoms with van der Waals surface area (Å²) in [6.07, 6.45) is 4.77. The van der Waals surface area contributed by atoms with Gasteiger partial charge >= 0.3 is 5.97 Å². The average Bonchev–Trinajstić information content (AvgIpc) is 3.03. The molecule has 1 fully saturated rings. The zero-order valence-electron chi connectivity index (χ0n) is 11.7. The smallest absolute Gasteiger partial charge is 0.306 e. The van der Waals surface area contributed by atoms with Crippen LogP contribution in [0.1, 0.15) is 30.3 Å². The lowest BCUT2D eigenvalue weighted by molar-refractivity contribution is -0.143. The molecule has 0 spiro atoms. The number of rotatable bonds is 4. The third-order valence-corrected chi connectivity index (χ3v) is 4.02. The summed E-state index contributed by atoms with van der Waals surface area (Å²) < 4.78 is 5.58. The normalized spacial score (nSPS) is 18.5. The van der Waals surface area contributed by atoms with Crippen molar-refractivity contribution in [2.75, 3.05) is 13.1 Å². The van der Waals surface area contributed by atoms with E-state index in [1.54, 1.807) is 12.5 Å². The van der Waals surface area contributed by atoms with Crippen LogP contribution in [0.25, 0.3) is 0 Å². The van der Waals surface area contributed by atoms with Crippen LogP contribution in [0.2, 0.25) is 0 Å². The number of carbonyl (C=O) groups is 1. The molecule has 1 aliphatic rings. The highest BCUT2D eigenvalue weighted by Gasteiger charge is 2.31. The second-order valence-corrected chi connectivity index (χ2v) is 5.32. The van der Waals surface area contributed by atoms with Gasteiger partial charge in [0.25, 0.3) is 0 Å². The van der Waals surface area contributed by atoms with Crippen molar-refractivity contribution in [3.8, 4) is 0 Å². The largest absolute Gasteiger partial charge is 0.481 e. The van der Waals surface area contributed by atoms with E-state index in [9.17, 15) is 4.79 Å². The first-order valence-corrected chi connectivity index (χ1v) is 7.17. The average molecular weight is 286 g/mol. The number of hydrogen-bond acceptors (Lipinski definition) is 4. The van der Waals surface area contributed by atoms with Gasteiger partial charge in [-0.2, -0.15) is 0 Å². The number of piperidine rings is 1. The fraction of sp³-hybridized carbons (Fsp3) is 0.375. The van der Waals surface area contributed by atoms with Gasteiger partial charge in [0.15, 0.2) is 0 Å². The van der Waals surface area contributed by atoms with Gasteiger partial charge in [-0.05, 0) is 37.1 Å². The van der Waals surface area contributed by atoms with Crippen molar-refractivity contribution in [1.29, 1.82) is 0 Å². The van der Waals surface area contributed by atoms with E-state index in [-0.39, 0.29) is 12.0 Å². The van der Waals surface area contributed by atoms with Gasteiger partial charge in [0.05, 0.1) is 17.9 Å². The van der Waals surface area contributed by atoms with Gasteiger partial charge in [0.2, 0.25) is 0 Å². The lowest BCUT2D eigenvalue weighted by Gasteiger charge is -2.35. The molecule has 110 valence electrons. The second-order valence-electron chi connectivity index (χ2n) is 5.32. The Morgan fingerprint density at radius 1 is 1.29 bits per heavy atom. The van der Waals surface area contributed by atoms with Crippen LogP contribution in [0, 0.1) is 5.92 Å². The quantitative estimate of drug-likeness (QED) is 0.935. The second kappa shape index (κ2) is 6.10. The van der Waals surface area contributed by atoms with Gasteiger partial charge in [0, 0.05) is 19.3 Å². The first-order chi connectivity index (χ1) is 10.3. The molecule has 0 bridgehead atoms. The molecule has 3 heterocycles. The molecule has 1 N–H and O–H groups in total. The molecule has 0 aromatic carbocycles. The standard InChI is InChI=1S/C16H18N2O3/c19-16(20)12-6-9-18(10-7-12)15(14-5-3-11-21-14)13-4-1-2-8-17-13/h1-5,8,11-12,15H,6-7,9-10H2,(H,19,20). The molecule has 2 aromatic rings. The third-order valence-electron chi connectivity index (χ3n) is 4.02. The molecule has 0 radical (unpaired) electrons. The lowest BCUT2D eigenvalue weighted by Crippen LogP contribution is -2.39. The molecule has 5 heteroatoms. The number of hydrogen-bond donors (Lipinski definition) is 1. The molecular weight excluding hydrogens is 268 g/mol. The van der Waals surface area contributed by atoms with Crippen molar-refractivity contribution in [1.82, 2.24) is 9.88 Å². The predicted octanol–water partition coefficient (Wildman–Crippen LogP) is 2.56. The highest BCUT2D eigenvalue weighted by molar-refractivity contribution is 5.70. The van der Waals surface area contributed by atoms with Crippen LogP contribution in [-0.4, -0.2) is 34.0 Å². The Bertz CT molecular complexity index is 575. The van der Waals surface area contributed by atoms with Gasteiger partial charge in [-0.25, -0.2) is 0 Å². The highest BCUT2D eigenvalue weighted by Crippen LogP contribution is 2.31. The summed E-state index contributed by atoms with van der Waals surface area (Å²) in [6, 6.07) is 9.60.